The normalized spacial score (nSPS) is 16.4. The van der Waals surface area contributed by atoms with E-state index in [1.807, 2.05) is 0 Å². The molecule has 1 N–H and O–H groups in total. The highest BCUT2D eigenvalue weighted by Gasteiger charge is 2.11. The molecule has 0 radical (unpaired) electrons. The summed E-state index contributed by atoms with van der Waals surface area (Å²) in [4.78, 5) is 0. The van der Waals surface area contributed by atoms with Crippen LogP contribution in [-0.4, -0.2) is 12.6 Å². The molecule has 1 saturated carbocycles. The Morgan fingerprint density at radius 2 is 1.82 bits per heavy atom. The molecule has 1 nitrogen and oxygen atoms in total. The summed E-state index contributed by atoms with van der Waals surface area (Å²) in [5.74, 6) is 0. The number of unbranched alkanes of at least 4 members (excludes halogenated alkanes) is 2. The third kappa shape index (κ3) is 5.82. The van der Waals surface area contributed by atoms with Gasteiger partial charge in [-0.2, -0.15) is 0 Å². The topological polar surface area (TPSA) is 12.0 Å². The van der Waals surface area contributed by atoms with E-state index in [0.29, 0.717) is 0 Å². The van der Waals surface area contributed by atoms with Crippen molar-refractivity contribution in [1.82, 2.24) is 5.32 Å². The molecule has 150 valence electrons. The van der Waals surface area contributed by atoms with Crippen LogP contribution in [0.2, 0.25) is 0 Å². The standard InChI is InChI=1S/C16H14.C11H23N/c1-12-15-9-4-2-3-7-13(15)11-14-8-5-6-10-16(12)14;1-2-3-7-10-12-11-8-5-4-6-9-11/h2-6,8-11H,7H2,1H3;11-12H,2-10H2,1H3. The van der Waals surface area contributed by atoms with Gasteiger partial charge in [-0.1, -0.05) is 93.7 Å². The Bertz CT molecular complexity index is 793. The number of hydrogen-bond acceptors (Lipinski definition) is 1. The fourth-order valence-electron chi connectivity index (χ4n) is 4.43. The number of nitrogens with one attached hydrogen (secondary N) is 1. The summed E-state index contributed by atoms with van der Waals surface area (Å²) in [5, 5.41) is 6.37. The molecule has 2 aromatic rings. The molecule has 0 aliphatic heterocycles. The second-order valence-electron chi connectivity index (χ2n) is 8.28. The van der Waals surface area contributed by atoms with Crippen LogP contribution in [0.1, 0.15) is 75.0 Å². The Kier molecular flexibility index (Phi) is 8.36. The van der Waals surface area contributed by atoms with Gasteiger partial charge < -0.3 is 5.32 Å². The van der Waals surface area contributed by atoms with E-state index in [1.54, 1.807) is 0 Å². The number of fused-ring (bicyclic) bond motifs is 2. The molecule has 2 aliphatic rings. The maximum Gasteiger partial charge on any atom is 0.00670 e. The van der Waals surface area contributed by atoms with E-state index >= 15 is 0 Å². The Hall–Kier alpha value is -1.86. The van der Waals surface area contributed by atoms with Crippen LogP contribution in [-0.2, 0) is 6.42 Å². The van der Waals surface area contributed by atoms with Gasteiger partial charge in [-0.25, -0.2) is 0 Å². The number of rotatable bonds is 5. The maximum absolute atomic E-state index is 3.66. The zero-order valence-electron chi connectivity index (χ0n) is 17.8. The summed E-state index contributed by atoms with van der Waals surface area (Å²) in [6.45, 7) is 5.73. The van der Waals surface area contributed by atoms with E-state index in [4.69, 9.17) is 0 Å². The summed E-state index contributed by atoms with van der Waals surface area (Å²) in [6.07, 6.45) is 21.0. The van der Waals surface area contributed by atoms with E-state index in [1.165, 1.54) is 85.4 Å². The van der Waals surface area contributed by atoms with E-state index in [9.17, 15) is 0 Å². The molecule has 28 heavy (non-hydrogen) atoms. The Balaban J connectivity index is 0.000000169. The van der Waals surface area contributed by atoms with Crippen LogP contribution in [0.5, 0.6) is 0 Å². The lowest BCUT2D eigenvalue weighted by Crippen LogP contribution is -2.31. The highest BCUT2D eigenvalue weighted by molar-refractivity contribution is 5.90. The largest absolute Gasteiger partial charge is 0.314 e. The highest BCUT2D eigenvalue weighted by atomic mass is 14.9. The van der Waals surface area contributed by atoms with Crippen LogP contribution < -0.4 is 5.32 Å². The molecule has 2 aliphatic carbocycles. The summed E-state index contributed by atoms with van der Waals surface area (Å²) in [5.41, 5.74) is 4.22. The molecule has 2 aromatic carbocycles. The first kappa shape index (κ1) is 20.9. The van der Waals surface area contributed by atoms with E-state index in [2.05, 4.69) is 73.8 Å². The van der Waals surface area contributed by atoms with Gasteiger partial charge in [0.05, 0.1) is 0 Å². The molecule has 0 unspecified atom stereocenters. The minimum atomic E-state index is 0.857. The van der Waals surface area contributed by atoms with Crippen LogP contribution in [0.4, 0.5) is 0 Å². The van der Waals surface area contributed by atoms with Crippen molar-refractivity contribution in [2.45, 2.75) is 77.7 Å². The summed E-state index contributed by atoms with van der Waals surface area (Å²) in [6, 6.07) is 11.8. The molecule has 0 atom stereocenters. The highest BCUT2D eigenvalue weighted by Crippen LogP contribution is 2.28. The smallest absolute Gasteiger partial charge is 0.00670 e. The Morgan fingerprint density at radius 3 is 2.64 bits per heavy atom. The molecule has 0 aromatic heterocycles. The molecular weight excluding hydrogens is 338 g/mol. The second kappa shape index (κ2) is 11.2. The molecular formula is C27H37N. The molecule has 1 heteroatoms. The summed E-state index contributed by atoms with van der Waals surface area (Å²) < 4.78 is 0. The Morgan fingerprint density at radius 1 is 1.00 bits per heavy atom. The third-order valence-electron chi connectivity index (χ3n) is 6.11. The number of aryl methyl sites for hydroxylation is 1. The maximum atomic E-state index is 3.66. The molecule has 0 heterocycles. The first-order chi connectivity index (χ1) is 13.8. The number of allylic oxidation sites excluding steroid dienone is 3. The van der Waals surface area contributed by atoms with E-state index in [0.717, 1.165) is 12.5 Å². The molecule has 1 fully saturated rings. The van der Waals surface area contributed by atoms with Crippen LogP contribution in [0.25, 0.3) is 16.8 Å². The minimum Gasteiger partial charge on any atom is -0.314 e. The summed E-state index contributed by atoms with van der Waals surface area (Å²) in [7, 11) is 0. The van der Waals surface area contributed by atoms with Gasteiger partial charge in [0.15, 0.2) is 0 Å². The zero-order chi connectivity index (χ0) is 19.6. The number of hydrogen-bond donors (Lipinski definition) is 1. The third-order valence-corrected chi connectivity index (χ3v) is 6.11. The van der Waals surface area contributed by atoms with Gasteiger partial charge in [0.25, 0.3) is 0 Å². The first-order valence-electron chi connectivity index (χ1n) is 11.4. The fraction of sp³-hybridized carbons (Fsp3) is 0.481. The molecule has 0 amide bonds. The van der Waals surface area contributed by atoms with E-state index < -0.39 is 0 Å². The average Bonchev–Trinajstić information content (AvgIpc) is 2.98. The molecule has 0 bridgehead atoms. The van der Waals surface area contributed by atoms with Crippen molar-refractivity contribution in [3.05, 3.63) is 65.3 Å². The predicted molar refractivity (Wildman–Crippen MR) is 125 cm³/mol. The van der Waals surface area contributed by atoms with Crippen molar-refractivity contribution in [2.75, 3.05) is 6.54 Å². The van der Waals surface area contributed by atoms with Crippen molar-refractivity contribution in [3.63, 3.8) is 0 Å². The van der Waals surface area contributed by atoms with Gasteiger partial charge in [-0.05, 0) is 66.6 Å². The monoisotopic (exact) mass is 375 g/mol. The van der Waals surface area contributed by atoms with Crippen LogP contribution in [0.15, 0.2) is 48.6 Å². The lowest BCUT2D eigenvalue weighted by Gasteiger charge is -2.22. The lowest BCUT2D eigenvalue weighted by molar-refractivity contribution is 0.370. The predicted octanol–water partition coefficient (Wildman–Crippen LogP) is 7.37. The van der Waals surface area contributed by atoms with Crippen molar-refractivity contribution in [3.8, 4) is 0 Å². The van der Waals surface area contributed by atoms with Gasteiger partial charge in [-0.15, -0.1) is 0 Å². The van der Waals surface area contributed by atoms with E-state index in [-0.39, 0.29) is 0 Å². The van der Waals surface area contributed by atoms with Gasteiger partial charge >= 0.3 is 0 Å². The molecule has 0 spiro atoms. The minimum absolute atomic E-state index is 0.857. The van der Waals surface area contributed by atoms with Crippen molar-refractivity contribution in [1.29, 1.82) is 0 Å². The van der Waals surface area contributed by atoms with Crippen LogP contribution >= 0.6 is 0 Å². The zero-order valence-corrected chi connectivity index (χ0v) is 17.8. The fourth-order valence-corrected chi connectivity index (χ4v) is 4.43. The summed E-state index contributed by atoms with van der Waals surface area (Å²) >= 11 is 0. The SMILES string of the molecule is CCCCCNC1CCCCC1.Cc1c2c(cc3ccccc13)CC=CC=C2. The van der Waals surface area contributed by atoms with Gasteiger partial charge in [0.1, 0.15) is 0 Å². The van der Waals surface area contributed by atoms with Crippen molar-refractivity contribution < 1.29 is 0 Å². The Labute approximate surface area is 171 Å². The van der Waals surface area contributed by atoms with Crippen molar-refractivity contribution >= 4 is 16.8 Å². The molecule has 0 saturated heterocycles. The quantitative estimate of drug-likeness (QED) is 0.538. The number of benzene rings is 2. The first-order valence-corrected chi connectivity index (χ1v) is 11.4. The average molecular weight is 376 g/mol. The van der Waals surface area contributed by atoms with Crippen LogP contribution in [0, 0.1) is 6.92 Å². The van der Waals surface area contributed by atoms with Gasteiger partial charge in [0.2, 0.25) is 0 Å². The molecule has 4 rings (SSSR count). The lowest BCUT2D eigenvalue weighted by atomic mass is 9.94. The van der Waals surface area contributed by atoms with Gasteiger partial charge in [-0.3, -0.25) is 0 Å². The second-order valence-corrected chi connectivity index (χ2v) is 8.28. The van der Waals surface area contributed by atoms with Gasteiger partial charge in [0, 0.05) is 6.04 Å². The van der Waals surface area contributed by atoms with Crippen LogP contribution in [0.3, 0.4) is 0 Å². The van der Waals surface area contributed by atoms with Crippen molar-refractivity contribution in [2.24, 2.45) is 0 Å².